The predicted molar refractivity (Wildman–Crippen MR) is 71.8 cm³/mol. The molecule has 0 bridgehead atoms. The van der Waals surface area contributed by atoms with Gasteiger partial charge in [-0.25, -0.2) is 0 Å². The molecule has 7 heteroatoms. The summed E-state index contributed by atoms with van der Waals surface area (Å²) in [6.45, 7) is 2.13. The van der Waals surface area contributed by atoms with Crippen LogP contribution in [-0.2, 0) is 0 Å². The molecule has 0 aliphatic carbocycles. The molecule has 1 aromatic carbocycles. The van der Waals surface area contributed by atoms with Crippen molar-refractivity contribution in [2.45, 2.75) is 13.0 Å². The van der Waals surface area contributed by atoms with Gasteiger partial charge in [-0.1, -0.05) is 0 Å². The summed E-state index contributed by atoms with van der Waals surface area (Å²) >= 11 is 1.90. The first-order chi connectivity index (χ1) is 7.95. The minimum absolute atomic E-state index is 0.0298. The minimum Gasteiger partial charge on any atom is -0.348 e. The number of carbonyl (C=O) groups excluding carboxylic acids is 1. The van der Waals surface area contributed by atoms with Crippen molar-refractivity contribution < 1.29 is 9.72 Å². The van der Waals surface area contributed by atoms with E-state index >= 15 is 0 Å². The average Bonchev–Trinajstić information content (AvgIpc) is 2.28. The Hall–Kier alpha value is -1.22. The Morgan fingerprint density at radius 1 is 1.65 bits per heavy atom. The maximum Gasteiger partial charge on any atom is 0.270 e. The SMILES string of the molecule is C[C@@H](CN)NC(=O)c1ccc([N+](=O)[O-])cc1I. The number of carbonyl (C=O) groups is 1. The molecule has 1 aromatic rings. The van der Waals surface area contributed by atoms with Crippen LogP contribution < -0.4 is 11.1 Å². The zero-order valence-corrected chi connectivity index (χ0v) is 11.3. The largest absolute Gasteiger partial charge is 0.348 e. The summed E-state index contributed by atoms with van der Waals surface area (Å²) in [6.07, 6.45) is 0. The van der Waals surface area contributed by atoms with E-state index in [2.05, 4.69) is 5.32 Å². The molecule has 3 N–H and O–H groups in total. The smallest absolute Gasteiger partial charge is 0.270 e. The second-order valence-electron chi connectivity index (χ2n) is 3.53. The minimum atomic E-state index is -0.494. The molecule has 0 aliphatic rings. The van der Waals surface area contributed by atoms with Crippen molar-refractivity contribution in [1.29, 1.82) is 0 Å². The lowest BCUT2D eigenvalue weighted by molar-refractivity contribution is -0.384. The molecule has 6 nitrogen and oxygen atoms in total. The molecule has 0 unspecified atom stereocenters. The third kappa shape index (κ3) is 3.63. The number of hydrogen-bond acceptors (Lipinski definition) is 4. The van der Waals surface area contributed by atoms with Crippen LogP contribution in [0.2, 0.25) is 0 Å². The van der Waals surface area contributed by atoms with E-state index in [-0.39, 0.29) is 17.6 Å². The summed E-state index contributed by atoms with van der Waals surface area (Å²) < 4.78 is 0.540. The lowest BCUT2D eigenvalue weighted by atomic mass is 10.2. The molecule has 1 rings (SSSR count). The zero-order valence-electron chi connectivity index (χ0n) is 9.14. The number of nitro groups is 1. The molecule has 0 spiro atoms. The van der Waals surface area contributed by atoms with Crippen molar-refractivity contribution in [1.82, 2.24) is 5.32 Å². The Kier molecular flexibility index (Phi) is 4.82. The third-order valence-electron chi connectivity index (χ3n) is 2.14. The van der Waals surface area contributed by atoms with Gasteiger partial charge in [-0.05, 0) is 35.6 Å². The van der Waals surface area contributed by atoms with Crippen molar-refractivity contribution in [3.8, 4) is 0 Å². The molecule has 0 fully saturated rings. The number of hydrogen-bond donors (Lipinski definition) is 2. The fourth-order valence-electron chi connectivity index (χ4n) is 1.16. The molecule has 0 saturated heterocycles. The van der Waals surface area contributed by atoms with Crippen LogP contribution in [0.1, 0.15) is 17.3 Å². The molecule has 1 amide bonds. The molecule has 0 aliphatic heterocycles. The van der Waals surface area contributed by atoms with Gasteiger partial charge < -0.3 is 11.1 Å². The number of nitro benzene ring substituents is 1. The van der Waals surface area contributed by atoms with Crippen molar-refractivity contribution in [2.24, 2.45) is 5.73 Å². The van der Waals surface area contributed by atoms with Crippen LogP contribution in [0.4, 0.5) is 5.69 Å². The van der Waals surface area contributed by atoms with E-state index in [4.69, 9.17) is 5.73 Å². The fraction of sp³-hybridized carbons (Fsp3) is 0.300. The third-order valence-corrected chi connectivity index (χ3v) is 3.03. The standard InChI is InChI=1S/C10H12IN3O3/c1-6(5-12)13-10(15)8-3-2-7(14(16)17)4-9(8)11/h2-4,6H,5,12H2,1H3,(H,13,15)/t6-/m0/s1. The number of nitrogens with two attached hydrogens (primary N) is 1. The van der Waals surface area contributed by atoms with E-state index < -0.39 is 4.92 Å². The summed E-state index contributed by atoms with van der Waals surface area (Å²) in [4.78, 5) is 21.8. The number of nitrogens with one attached hydrogen (secondary N) is 1. The van der Waals surface area contributed by atoms with E-state index in [1.807, 2.05) is 22.6 Å². The van der Waals surface area contributed by atoms with Crippen LogP contribution in [0.5, 0.6) is 0 Å². The molecule has 92 valence electrons. The summed E-state index contributed by atoms with van der Waals surface area (Å²) in [6, 6.07) is 3.99. The molecule has 0 radical (unpaired) electrons. The molecule has 17 heavy (non-hydrogen) atoms. The van der Waals surface area contributed by atoms with Crippen LogP contribution in [0.3, 0.4) is 0 Å². The number of halogens is 1. The molecule has 0 saturated carbocycles. The van der Waals surface area contributed by atoms with E-state index in [1.165, 1.54) is 18.2 Å². The van der Waals surface area contributed by atoms with Crippen LogP contribution >= 0.6 is 22.6 Å². The van der Waals surface area contributed by atoms with Gasteiger partial charge in [-0.3, -0.25) is 14.9 Å². The van der Waals surface area contributed by atoms with Crippen molar-refractivity contribution in [3.63, 3.8) is 0 Å². The normalized spacial score (nSPS) is 11.9. The summed E-state index contributed by atoms with van der Waals surface area (Å²) in [7, 11) is 0. The highest BCUT2D eigenvalue weighted by Crippen LogP contribution is 2.19. The van der Waals surface area contributed by atoms with Gasteiger partial charge in [-0.2, -0.15) is 0 Å². The van der Waals surface area contributed by atoms with Gasteiger partial charge in [0, 0.05) is 28.3 Å². The number of benzene rings is 1. The molecular weight excluding hydrogens is 337 g/mol. The Morgan fingerprint density at radius 3 is 2.76 bits per heavy atom. The maximum atomic E-state index is 11.8. The molecule has 1 atom stereocenters. The average molecular weight is 349 g/mol. The molecule has 0 heterocycles. The first kappa shape index (κ1) is 13.8. The van der Waals surface area contributed by atoms with Gasteiger partial charge in [0.1, 0.15) is 0 Å². The topological polar surface area (TPSA) is 98.3 Å². The van der Waals surface area contributed by atoms with Gasteiger partial charge in [0.15, 0.2) is 0 Å². The van der Waals surface area contributed by atoms with Gasteiger partial charge in [0.25, 0.3) is 11.6 Å². The van der Waals surface area contributed by atoms with Gasteiger partial charge in [0.2, 0.25) is 0 Å². The predicted octanol–water partition coefficient (Wildman–Crippen LogP) is 1.28. The highest BCUT2D eigenvalue weighted by Gasteiger charge is 2.15. The summed E-state index contributed by atoms with van der Waals surface area (Å²) in [5.74, 6) is -0.276. The number of rotatable bonds is 4. The van der Waals surface area contributed by atoms with E-state index in [0.29, 0.717) is 15.7 Å². The lowest BCUT2D eigenvalue weighted by Gasteiger charge is -2.11. The Labute approximate surface area is 112 Å². The quantitative estimate of drug-likeness (QED) is 0.486. The van der Waals surface area contributed by atoms with E-state index in [0.717, 1.165) is 0 Å². The Balaban J connectivity index is 2.92. The number of amides is 1. The van der Waals surface area contributed by atoms with Crippen molar-refractivity contribution in [3.05, 3.63) is 37.4 Å². The van der Waals surface area contributed by atoms with Gasteiger partial charge >= 0.3 is 0 Å². The number of nitrogens with zero attached hydrogens (tertiary/aromatic N) is 1. The first-order valence-corrected chi connectivity index (χ1v) is 5.98. The monoisotopic (exact) mass is 349 g/mol. The maximum absolute atomic E-state index is 11.8. The van der Waals surface area contributed by atoms with Crippen LogP contribution in [0, 0.1) is 13.7 Å². The Bertz CT molecular complexity index is 450. The first-order valence-electron chi connectivity index (χ1n) is 4.90. The number of non-ortho nitro benzene ring substituents is 1. The summed E-state index contributed by atoms with van der Waals surface area (Å²) in [5.41, 5.74) is 5.78. The molecule has 0 aromatic heterocycles. The lowest BCUT2D eigenvalue weighted by Crippen LogP contribution is -2.38. The van der Waals surface area contributed by atoms with E-state index in [9.17, 15) is 14.9 Å². The van der Waals surface area contributed by atoms with Crippen LogP contribution in [0.25, 0.3) is 0 Å². The van der Waals surface area contributed by atoms with Crippen LogP contribution in [0.15, 0.2) is 18.2 Å². The van der Waals surface area contributed by atoms with Gasteiger partial charge in [-0.15, -0.1) is 0 Å². The second kappa shape index (κ2) is 5.92. The van der Waals surface area contributed by atoms with Crippen LogP contribution in [-0.4, -0.2) is 23.4 Å². The second-order valence-corrected chi connectivity index (χ2v) is 4.69. The zero-order chi connectivity index (χ0) is 13.0. The van der Waals surface area contributed by atoms with Gasteiger partial charge in [0.05, 0.1) is 10.5 Å². The van der Waals surface area contributed by atoms with E-state index in [1.54, 1.807) is 6.92 Å². The summed E-state index contributed by atoms with van der Waals surface area (Å²) in [5, 5.41) is 13.2. The Morgan fingerprint density at radius 2 is 2.29 bits per heavy atom. The highest BCUT2D eigenvalue weighted by atomic mass is 127. The highest BCUT2D eigenvalue weighted by molar-refractivity contribution is 14.1. The van der Waals surface area contributed by atoms with Crippen molar-refractivity contribution >= 4 is 34.2 Å². The van der Waals surface area contributed by atoms with Crippen molar-refractivity contribution in [2.75, 3.05) is 6.54 Å². The molecular formula is C10H12IN3O3. The fourth-order valence-corrected chi connectivity index (χ4v) is 1.91.